The van der Waals surface area contributed by atoms with Gasteiger partial charge in [0.15, 0.2) is 5.13 Å². The summed E-state index contributed by atoms with van der Waals surface area (Å²) in [5.74, 6) is 0. The molecule has 2 rings (SSSR count). The van der Waals surface area contributed by atoms with Gasteiger partial charge in [0.05, 0.1) is 18.7 Å². The van der Waals surface area contributed by atoms with Crippen LogP contribution in [0.2, 0.25) is 5.15 Å². The van der Waals surface area contributed by atoms with Crippen LogP contribution in [0.3, 0.4) is 0 Å². The number of nitrogens with zero attached hydrogens (tertiary/aromatic N) is 2. The van der Waals surface area contributed by atoms with E-state index in [1.807, 2.05) is 5.38 Å². The number of aromatic nitrogens is 1. The Morgan fingerprint density at radius 3 is 2.85 bits per heavy atom. The molecule has 0 aromatic carbocycles. The third-order valence-electron chi connectivity index (χ3n) is 2.28. The average molecular weight is 219 g/mol. The van der Waals surface area contributed by atoms with Crippen molar-refractivity contribution in [2.75, 3.05) is 25.1 Å². The Bertz CT molecular complexity index is 309. The van der Waals surface area contributed by atoms with Crippen molar-refractivity contribution in [2.45, 2.75) is 12.5 Å². The molecule has 0 unspecified atom stereocenters. The molecular formula is C8H11ClN2OS. The Hall–Kier alpha value is -0.320. The molecule has 1 aromatic heterocycles. The Morgan fingerprint density at radius 2 is 2.38 bits per heavy atom. The van der Waals surface area contributed by atoms with Crippen molar-refractivity contribution in [3.05, 3.63) is 10.5 Å². The second kappa shape index (κ2) is 3.12. The van der Waals surface area contributed by atoms with E-state index in [0.717, 1.165) is 18.2 Å². The fourth-order valence-corrected chi connectivity index (χ4v) is 2.36. The largest absolute Gasteiger partial charge is 0.375 e. The van der Waals surface area contributed by atoms with Crippen LogP contribution in [0.4, 0.5) is 5.13 Å². The molecule has 0 atom stereocenters. The zero-order valence-corrected chi connectivity index (χ0v) is 9.15. The van der Waals surface area contributed by atoms with Gasteiger partial charge >= 0.3 is 0 Å². The first kappa shape index (κ1) is 9.24. The van der Waals surface area contributed by atoms with E-state index in [4.69, 9.17) is 16.3 Å². The van der Waals surface area contributed by atoms with Gasteiger partial charge in [0, 0.05) is 12.5 Å². The highest BCUT2D eigenvalue weighted by Crippen LogP contribution is 2.32. The molecule has 0 saturated carbocycles. The van der Waals surface area contributed by atoms with Crippen LogP contribution in [0.25, 0.3) is 0 Å². The summed E-state index contributed by atoms with van der Waals surface area (Å²) in [4.78, 5) is 6.35. The lowest BCUT2D eigenvalue weighted by molar-refractivity contribution is -0.0167. The van der Waals surface area contributed by atoms with Crippen molar-refractivity contribution in [3.8, 4) is 0 Å². The van der Waals surface area contributed by atoms with Gasteiger partial charge in [-0.2, -0.15) is 0 Å². The van der Waals surface area contributed by atoms with Crippen LogP contribution in [0, 0.1) is 0 Å². The van der Waals surface area contributed by atoms with Crippen LogP contribution in [0.1, 0.15) is 6.92 Å². The van der Waals surface area contributed by atoms with Crippen LogP contribution in [-0.4, -0.2) is 30.8 Å². The highest BCUT2D eigenvalue weighted by molar-refractivity contribution is 7.14. The van der Waals surface area contributed by atoms with E-state index in [-0.39, 0.29) is 5.60 Å². The molecular weight excluding hydrogens is 208 g/mol. The van der Waals surface area contributed by atoms with Crippen molar-refractivity contribution in [2.24, 2.45) is 0 Å². The lowest BCUT2D eigenvalue weighted by Gasteiger charge is -2.46. The zero-order chi connectivity index (χ0) is 9.47. The predicted octanol–water partition coefficient (Wildman–Crippen LogP) is 2.02. The van der Waals surface area contributed by atoms with Gasteiger partial charge in [0.1, 0.15) is 5.15 Å². The molecule has 72 valence electrons. The van der Waals surface area contributed by atoms with E-state index in [0.29, 0.717) is 5.15 Å². The normalized spacial score (nSPS) is 20.1. The number of ether oxygens (including phenoxy) is 1. The maximum atomic E-state index is 5.73. The Labute approximate surface area is 86.3 Å². The Balaban J connectivity index is 2.01. The molecule has 0 bridgehead atoms. The first-order valence-electron chi connectivity index (χ1n) is 4.04. The summed E-state index contributed by atoms with van der Waals surface area (Å²) in [5, 5.41) is 3.41. The Morgan fingerprint density at radius 1 is 1.69 bits per heavy atom. The van der Waals surface area contributed by atoms with E-state index in [1.54, 1.807) is 18.4 Å². The molecule has 3 nitrogen and oxygen atoms in total. The summed E-state index contributed by atoms with van der Waals surface area (Å²) in [7, 11) is 1.74. The lowest BCUT2D eigenvalue weighted by atomic mass is 9.97. The number of hydrogen-bond donors (Lipinski definition) is 0. The summed E-state index contributed by atoms with van der Waals surface area (Å²) in [5.41, 5.74) is -0.00184. The minimum absolute atomic E-state index is 0.00184. The van der Waals surface area contributed by atoms with Crippen molar-refractivity contribution in [1.82, 2.24) is 4.98 Å². The first-order chi connectivity index (χ1) is 6.13. The molecule has 2 heterocycles. The number of halogens is 1. The highest BCUT2D eigenvalue weighted by atomic mass is 35.5. The monoisotopic (exact) mass is 218 g/mol. The molecule has 0 radical (unpaired) electrons. The van der Waals surface area contributed by atoms with E-state index >= 15 is 0 Å². The summed E-state index contributed by atoms with van der Waals surface area (Å²) >= 11 is 7.30. The van der Waals surface area contributed by atoms with Crippen LogP contribution in [0.15, 0.2) is 5.38 Å². The maximum Gasteiger partial charge on any atom is 0.186 e. The van der Waals surface area contributed by atoms with Crippen molar-refractivity contribution in [1.29, 1.82) is 0 Å². The van der Waals surface area contributed by atoms with Gasteiger partial charge in [-0.3, -0.25) is 0 Å². The van der Waals surface area contributed by atoms with Gasteiger partial charge in [-0.05, 0) is 6.92 Å². The quantitative estimate of drug-likeness (QED) is 0.760. The molecule has 0 N–H and O–H groups in total. The summed E-state index contributed by atoms with van der Waals surface area (Å²) in [6.45, 7) is 3.89. The second-order valence-electron chi connectivity index (χ2n) is 3.46. The SMILES string of the molecule is COC1(C)CN(c2nc(Cl)cs2)C1. The number of hydrogen-bond acceptors (Lipinski definition) is 4. The fraction of sp³-hybridized carbons (Fsp3) is 0.625. The minimum atomic E-state index is -0.00184. The smallest absolute Gasteiger partial charge is 0.186 e. The molecule has 1 aliphatic heterocycles. The van der Waals surface area contributed by atoms with E-state index in [1.165, 1.54) is 0 Å². The molecule has 5 heteroatoms. The molecule has 1 aliphatic rings. The third kappa shape index (κ3) is 1.66. The standard InChI is InChI=1S/C8H11ClN2OS/c1-8(12-2)4-11(5-8)7-10-6(9)3-13-7/h3H,4-5H2,1-2H3. The third-order valence-corrected chi connectivity index (χ3v) is 3.50. The minimum Gasteiger partial charge on any atom is -0.375 e. The topological polar surface area (TPSA) is 25.4 Å². The molecule has 0 amide bonds. The summed E-state index contributed by atoms with van der Waals surface area (Å²) < 4.78 is 5.33. The molecule has 0 spiro atoms. The fourth-order valence-electron chi connectivity index (χ4n) is 1.42. The van der Waals surface area contributed by atoms with Crippen molar-refractivity contribution < 1.29 is 4.74 Å². The van der Waals surface area contributed by atoms with Gasteiger partial charge in [-0.25, -0.2) is 4.98 Å². The van der Waals surface area contributed by atoms with Crippen LogP contribution in [0.5, 0.6) is 0 Å². The van der Waals surface area contributed by atoms with Gasteiger partial charge in [-0.15, -0.1) is 11.3 Å². The zero-order valence-electron chi connectivity index (χ0n) is 7.58. The maximum absolute atomic E-state index is 5.73. The van der Waals surface area contributed by atoms with E-state index in [9.17, 15) is 0 Å². The number of methoxy groups -OCH3 is 1. The molecule has 1 saturated heterocycles. The first-order valence-corrected chi connectivity index (χ1v) is 5.30. The Kier molecular flexibility index (Phi) is 2.21. The van der Waals surface area contributed by atoms with Crippen LogP contribution < -0.4 is 4.90 Å². The van der Waals surface area contributed by atoms with Gasteiger partial charge < -0.3 is 9.64 Å². The predicted molar refractivity (Wildman–Crippen MR) is 54.8 cm³/mol. The average Bonchev–Trinajstić information content (AvgIpc) is 2.46. The number of anilines is 1. The number of rotatable bonds is 2. The summed E-state index contributed by atoms with van der Waals surface area (Å²) in [6, 6.07) is 0. The van der Waals surface area contributed by atoms with Crippen LogP contribution in [-0.2, 0) is 4.74 Å². The van der Waals surface area contributed by atoms with Gasteiger partial charge in [0.2, 0.25) is 0 Å². The van der Waals surface area contributed by atoms with E-state index in [2.05, 4.69) is 16.8 Å². The van der Waals surface area contributed by atoms with E-state index < -0.39 is 0 Å². The van der Waals surface area contributed by atoms with Gasteiger partial charge in [0.25, 0.3) is 0 Å². The molecule has 13 heavy (non-hydrogen) atoms. The lowest BCUT2D eigenvalue weighted by Crippen LogP contribution is -2.61. The number of thiazole rings is 1. The molecule has 1 fully saturated rings. The van der Waals surface area contributed by atoms with Crippen LogP contribution >= 0.6 is 22.9 Å². The van der Waals surface area contributed by atoms with Gasteiger partial charge in [-0.1, -0.05) is 11.6 Å². The molecule has 1 aromatic rings. The summed E-state index contributed by atoms with van der Waals surface area (Å²) in [6.07, 6.45) is 0. The van der Waals surface area contributed by atoms with Crippen molar-refractivity contribution >= 4 is 28.1 Å². The second-order valence-corrected chi connectivity index (χ2v) is 4.69. The van der Waals surface area contributed by atoms with Crippen molar-refractivity contribution in [3.63, 3.8) is 0 Å². The highest BCUT2D eigenvalue weighted by Gasteiger charge is 2.40. The molecule has 0 aliphatic carbocycles.